The van der Waals surface area contributed by atoms with Gasteiger partial charge in [-0.05, 0) is 37.6 Å². The van der Waals surface area contributed by atoms with Crippen LogP contribution in [0.25, 0.3) is 0 Å². The van der Waals surface area contributed by atoms with Crippen molar-refractivity contribution in [3.05, 3.63) is 36.0 Å². The number of aromatic nitrogens is 2. The molecule has 0 fully saturated rings. The average molecular weight is 281 g/mol. The summed E-state index contributed by atoms with van der Waals surface area (Å²) in [7, 11) is -3.61. The molecule has 2 rings (SSSR count). The van der Waals surface area contributed by atoms with Gasteiger partial charge < -0.3 is 4.74 Å². The Kier molecular flexibility index (Phi) is 3.75. The van der Waals surface area contributed by atoms with Crippen molar-refractivity contribution in [3.63, 3.8) is 0 Å². The SMILES string of the molecule is CCOc1ccc(S(=O)(=O)Nc2ccn[nH]2)cc1C. The van der Waals surface area contributed by atoms with Gasteiger partial charge in [0, 0.05) is 6.07 Å². The van der Waals surface area contributed by atoms with Crippen molar-refractivity contribution in [3.8, 4) is 5.75 Å². The summed E-state index contributed by atoms with van der Waals surface area (Å²) in [6.07, 6.45) is 1.47. The summed E-state index contributed by atoms with van der Waals surface area (Å²) in [5, 5.41) is 6.23. The molecule has 0 spiro atoms. The lowest BCUT2D eigenvalue weighted by Crippen LogP contribution is -2.13. The molecule has 0 aliphatic heterocycles. The first-order valence-electron chi connectivity index (χ1n) is 5.78. The molecule has 0 saturated carbocycles. The highest BCUT2D eigenvalue weighted by Gasteiger charge is 2.16. The van der Waals surface area contributed by atoms with Gasteiger partial charge in [-0.1, -0.05) is 0 Å². The van der Waals surface area contributed by atoms with E-state index >= 15 is 0 Å². The summed E-state index contributed by atoms with van der Waals surface area (Å²) < 4.78 is 32.0. The molecule has 7 heteroatoms. The fourth-order valence-corrected chi connectivity index (χ4v) is 2.72. The summed E-state index contributed by atoms with van der Waals surface area (Å²) in [5.74, 6) is 1.01. The van der Waals surface area contributed by atoms with E-state index in [-0.39, 0.29) is 4.90 Å². The Balaban J connectivity index is 2.28. The van der Waals surface area contributed by atoms with Gasteiger partial charge in [-0.15, -0.1) is 0 Å². The van der Waals surface area contributed by atoms with Crippen molar-refractivity contribution in [1.29, 1.82) is 0 Å². The zero-order valence-corrected chi connectivity index (χ0v) is 11.5. The van der Waals surface area contributed by atoms with Crippen LogP contribution in [0.15, 0.2) is 35.4 Å². The van der Waals surface area contributed by atoms with Crippen LogP contribution in [0.5, 0.6) is 5.75 Å². The van der Waals surface area contributed by atoms with E-state index in [4.69, 9.17) is 4.74 Å². The third-order valence-electron chi connectivity index (χ3n) is 2.50. The Morgan fingerprint density at radius 2 is 2.16 bits per heavy atom. The summed E-state index contributed by atoms with van der Waals surface area (Å²) in [5.41, 5.74) is 0.773. The second-order valence-corrected chi connectivity index (χ2v) is 5.62. The van der Waals surface area contributed by atoms with E-state index in [2.05, 4.69) is 14.9 Å². The van der Waals surface area contributed by atoms with Gasteiger partial charge in [-0.3, -0.25) is 9.82 Å². The number of aromatic amines is 1. The Hall–Kier alpha value is -2.02. The van der Waals surface area contributed by atoms with Gasteiger partial charge in [-0.2, -0.15) is 5.10 Å². The third-order valence-corrected chi connectivity index (χ3v) is 3.86. The normalized spacial score (nSPS) is 11.3. The highest BCUT2D eigenvalue weighted by molar-refractivity contribution is 7.92. The number of benzene rings is 1. The Labute approximate surface area is 111 Å². The van der Waals surface area contributed by atoms with Crippen molar-refractivity contribution in [2.75, 3.05) is 11.3 Å². The van der Waals surface area contributed by atoms with Crippen LogP contribution in [0, 0.1) is 6.92 Å². The van der Waals surface area contributed by atoms with Gasteiger partial charge in [0.1, 0.15) is 11.6 Å². The average Bonchev–Trinajstić information content (AvgIpc) is 2.84. The Bertz CT molecular complexity index is 651. The van der Waals surface area contributed by atoms with Gasteiger partial charge in [0.05, 0.1) is 17.7 Å². The first-order valence-corrected chi connectivity index (χ1v) is 7.27. The fourth-order valence-electron chi connectivity index (χ4n) is 1.62. The minimum atomic E-state index is -3.61. The molecule has 102 valence electrons. The summed E-state index contributed by atoms with van der Waals surface area (Å²) in [4.78, 5) is 0.183. The Morgan fingerprint density at radius 1 is 1.37 bits per heavy atom. The molecular weight excluding hydrogens is 266 g/mol. The van der Waals surface area contributed by atoms with E-state index in [1.165, 1.54) is 12.3 Å². The summed E-state index contributed by atoms with van der Waals surface area (Å²) in [6.45, 7) is 4.23. The topological polar surface area (TPSA) is 84.1 Å². The van der Waals surface area contributed by atoms with E-state index in [0.717, 1.165) is 5.56 Å². The van der Waals surface area contributed by atoms with E-state index < -0.39 is 10.0 Å². The first-order chi connectivity index (χ1) is 9.03. The molecule has 19 heavy (non-hydrogen) atoms. The number of aryl methyl sites for hydroxylation is 1. The lowest BCUT2D eigenvalue weighted by Gasteiger charge is -2.10. The molecule has 2 aromatic rings. The summed E-state index contributed by atoms with van der Waals surface area (Å²) in [6, 6.07) is 6.28. The van der Waals surface area contributed by atoms with Gasteiger partial charge in [0.25, 0.3) is 10.0 Å². The molecule has 0 atom stereocenters. The predicted molar refractivity (Wildman–Crippen MR) is 71.7 cm³/mol. The van der Waals surface area contributed by atoms with Crippen LogP contribution in [0.4, 0.5) is 5.82 Å². The van der Waals surface area contributed by atoms with Crippen molar-refractivity contribution < 1.29 is 13.2 Å². The van der Waals surface area contributed by atoms with Crippen molar-refractivity contribution in [1.82, 2.24) is 10.2 Å². The minimum absolute atomic E-state index is 0.183. The highest BCUT2D eigenvalue weighted by Crippen LogP contribution is 2.22. The van der Waals surface area contributed by atoms with Gasteiger partial charge in [0.2, 0.25) is 0 Å². The number of nitrogens with zero attached hydrogens (tertiary/aromatic N) is 1. The lowest BCUT2D eigenvalue weighted by atomic mass is 10.2. The molecule has 2 N–H and O–H groups in total. The molecule has 6 nitrogen and oxygen atoms in total. The van der Waals surface area contributed by atoms with Crippen LogP contribution >= 0.6 is 0 Å². The lowest BCUT2D eigenvalue weighted by molar-refractivity contribution is 0.337. The van der Waals surface area contributed by atoms with E-state index in [0.29, 0.717) is 18.2 Å². The molecule has 0 saturated heterocycles. The van der Waals surface area contributed by atoms with Crippen molar-refractivity contribution in [2.45, 2.75) is 18.7 Å². The van der Waals surface area contributed by atoms with Crippen LogP contribution in [0.3, 0.4) is 0 Å². The molecule has 0 unspecified atom stereocenters. The van der Waals surface area contributed by atoms with E-state index in [9.17, 15) is 8.42 Å². The molecule has 0 bridgehead atoms. The van der Waals surface area contributed by atoms with Gasteiger partial charge in [0.15, 0.2) is 0 Å². The van der Waals surface area contributed by atoms with Crippen LogP contribution in [-0.4, -0.2) is 25.2 Å². The number of hydrogen-bond donors (Lipinski definition) is 2. The zero-order valence-electron chi connectivity index (χ0n) is 10.7. The van der Waals surface area contributed by atoms with Crippen molar-refractivity contribution >= 4 is 15.8 Å². The summed E-state index contributed by atoms with van der Waals surface area (Å²) >= 11 is 0. The number of anilines is 1. The van der Waals surface area contributed by atoms with Gasteiger partial charge >= 0.3 is 0 Å². The first kappa shape index (κ1) is 13.4. The molecule has 1 aromatic carbocycles. The highest BCUT2D eigenvalue weighted by atomic mass is 32.2. The largest absolute Gasteiger partial charge is 0.494 e. The Morgan fingerprint density at radius 3 is 2.74 bits per heavy atom. The third kappa shape index (κ3) is 3.05. The standard InChI is InChI=1S/C12H15N3O3S/c1-3-18-11-5-4-10(8-9(11)2)19(16,17)15-12-6-7-13-14-12/h4-8H,3H2,1-2H3,(H2,13,14,15). The minimum Gasteiger partial charge on any atom is -0.494 e. The van der Waals surface area contributed by atoms with E-state index in [1.807, 2.05) is 6.92 Å². The van der Waals surface area contributed by atoms with Crippen LogP contribution < -0.4 is 9.46 Å². The quantitative estimate of drug-likeness (QED) is 0.877. The molecule has 0 aliphatic carbocycles. The molecule has 1 heterocycles. The number of sulfonamides is 1. The number of ether oxygens (including phenoxy) is 1. The fraction of sp³-hybridized carbons (Fsp3) is 0.250. The number of H-pyrrole nitrogens is 1. The number of rotatable bonds is 5. The monoisotopic (exact) mass is 281 g/mol. The number of hydrogen-bond acceptors (Lipinski definition) is 4. The van der Waals surface area contributed by atoms with E-state index in [1.54, 1.807) is 25.1 Å². The molecule has 0 amide bonds. The molecular formula is C12H15N3O3S. The maximum atomic E-state index is 12.1. The zero-order chi connectivity index (χ0) is 13.9. The van der Waals surface area contributed by atoms with Crippen molar-refractivity contribution in [2.24, 2.45) is 0 Å². The number of nitrogens with one attached hydrogen (secondary N) is 2. The predicted octanol–water partition coefficient (Wildman–Crippen LogP) is 1.92. The smallest absolute Gasteiger partial charge is 0.263 e. The van der Waals surface area contributed by atoms with Crippen LogP contribution in [-0.2, 0) is 10.0 Å². The maximum Gasteiger partial charge on any atom is 0.263 e. The molecule has 1 aromatic heterocycles. The second kappa shape index (κ2) is 5.31. The maximum absolute atomic E-state index is 12.1. The van der Waals surface area contributed by atoms with Crippen LogP contribution in [0.1, 0.15) is 12.5 Å². The van der Waals surface area contributed by atoms with Crippen LogP contribution in [0.2, 0.25) is 0 Å². The van der Waals surface area contributed by atoms with Gasteiger partial charge in [-0.25, -0.2) is 8.42 Å². The second-order valence-electron chi connectivity index (χ2n) is 3.94. The molecule has 0 aliphatic rings. The molecule has 0 radical (unpaired) electrons.